The van der Waals surface area contributed by atoms with Crippen molar-refractivity contribution < 1.29 is 43.7 Å². The molecule has 5 atom stereocenters. The number of nitrogens with zero attached hydrogens (tertiary/aromatic N) is 5. The molecular formula is C14H20N5O9P. The van der Waals surface area contributed by atoms with E-state index in [-0.39, 0.29) is 0 Å². The van der Waals surface area contributed by atoms with Gasteiger partial charge in [0.25, 0.3) is 0 Å². The second-order valence-corrected chi connectivity index (χ2v) is 7.77. The zero-order chi connectivity index (χ0) is 20.8. The second kappa shape index (κ2) is 7.83. The first-order valence-electron chi connectivity index (χ1n) is 8.70. The highest BCUT2D eigenvalue weighted by molar-refractivity contribution is 7.46. The van der Waals surface area contributed by atoms with Gasteiger partial charge in [-0.25, -0.2) is 19.5 Å². The Hall–Kier alpha value is -1.74. The van der Waals surface area contributed by atoms with Crippen LogP contribution in [0.2, 0.25) is 0 Å². The van der Waals surface area contributed by atoms with E-state index < -0.39 is 38.7 Å². The molecule has 15 heteroatoms. The molecule has 2 aliphatic rings. The Bertz CT molecular complexity index is 916. The van der Waals surface area contributed by atoms with Crippen molar-refractivity contribution in [3.8, 4) is 0 Å². The lowest BCUT2D eigenvalue weighted by atomic mass is 10.1. The Kier molecular flexibility index (Phi) is 5.54. The number of hydrogen-bond acceptors (Lipinski definition) is 11. The summed E-state index contributed by atoms with van der Waals surface area (Å²) in [5, 5.41) is 30.4. The lowest BCUT2D eigenvalue weighted by molar-refractivity contribution is -0.161. The lowest BCUT2D eigenvalue weighted by Gasteiger charge is -2.27. The van der Waals surface area contributed by atoms with Crippen LogP contribution in [0.25, 0.3) is 11.2 Å². The van der Waals surface area contributed by atoms with E-state index in [0.29, 0.717) is 43.3 Å². The zero-order valence-corrected chi connectivity index (χ0v) is 15.8. The molecule has 14 nitrogen and oxygen atoms in total. The number of imidazole rings is 1. The molecule has 2 aromatic rings. The average Bonchev–Trinajstić information content (AvgIpc) is 3.23. The maximum atomic E-state index is 10.9. The van der Waals surface area contributed by atoms with Crippen molar-refractivity contribution >= 4 is 24.8 Å². The Morgan fingerprint density at radius 1 is 1.17 bits per heavy atom. The number of phosphoric acid groups is 1. The third-order valence-corrected chi connectivity index (χ3v) is 5.22. The summed E-state index contributed by atoms with van der Waals surface area (Å²) in [6.07, 6.45) is -5.58. The van der Waals surface area contributed by atoms with Crippen LogP contribution in [-0.2, 0) is 18.6 Å². The lowest BCUT2D eigenvalue weighted by Crippen LogP contribution is -2.39. The van der Waals surface area contributed by atoms with Crippen molar-refractivity contribution in [1.29, 1.82) is 0 Å². The van der Waals surface area contributed by atoms with Gasteiger partial charge < -0.3 is 39.5 Å². The van der Waals surface area contributed by atoms with Crippen LogP contribution < -0.4 is 4.90 Å². The molecule has 2 saturated heterocycles. The number of aliphatic hydroxyl groups excluding tert-OH is 3. The van der Waals surface area contributed by atoms with Gasteiger partial charge in [-0.3, -0.25) is 9.09 Å². The van der Waals surface area contributed by atoms with Crippen LogP contribution in [0.4, 0.5) is 5.82 Å². The molecule has 0 bridgehead atoms. The van der Waals surface area contributed by atoms with Crippen LogP contribution in [0.5, 0.6) is 0 Å². The van der Waals surface area contributed by atoms with Gasteiger partial charge in [-0.05, 0) is 0 Å². The molecule has 4 rings (SSSR count). The second-order valence-electron chi connectivity index (χ2n) is 6.58. The smallest absolute Gasteiger partial charge is 0.387 e. The fourth-order valence-electron chi connectivity index (χ4n) is 3.38. The molecule has 4 heterocycles. The quantitative estimate of drug-likeness (QED) is 0.250. The van der Waals surface area contributed by atoms with Gasteiger partial charge in [0, 0.05) is 13.1 Å². The van der Waals surface area contributed by atoms with E-state index in [1.165, 1.54) is 17.2 Å². The predicted octanol–water partition coefficient (Wildman–Crippen LogP) is -2.29. The standard InChI is InChI=1S/C14H20N5O9P/c20-8-9(21)13(27-10(8)14(22)28-29(23,24)25)19-6-17-7-11(15-5-16-12(7)19)18-1-3-26-4-2-18/h5-6,8-10,13-14,20-22H,1-4H2,(H2,23,24,25)/t8-,9+,10-,13+,14?/m0/s1. The van der Waals surface area contributed by atoms with Gasteiger partial charge >= 0.3 is 7.82 Å². The SMILES string of the molecule is O=P(O)(O)OC(O)[C@H]1O[C@@H](n2cnc3c(N4CCOCC4)ncnc32)[C@H](O)[C@@H]1O. The number of aliphatic hydroxyl groups is 3. The van der Waals surface area contributed by atoms with Gasteiger partial charge in [0.15, 0.2) is 29.5 Å². The first-order chi connectivity index (χ1) is 13.8. The number of phosphoric ester groups is 1. The number of ether oxygens (including phenoxy) is 2. The van der Waals surface area contributed by atoms with E-state index in [1.54, 1.807) is 0 Å². The molecule has 0 saturated carbocycles. The molecule has 1 unspecified atom stereocenters. The Labute approximate surface area is 163 Å². The zero-order valence-electron chi connectivity index (χ0n) is 14.9. The summed E-state index contributed by atoms with van der Waals surface area (Å²) in [5.41, 5.74) is 0.749. The first kappa shape index (κ1) is 20.5. The third-order valence-electron chi connectivity index (χ3n) is 4.73. The molecule has 0 amide bonds. The fraction of sp³-hybridized carbons (Fsp3) is 0.643. The van der Waals surface area contributed by atoms with Crippen LogP contribution in [0, 0.1) is 0 Å². The summed E-state index contributed by atoms with van der Waals surface area (Å²) in [5.74, 6) is 0.575. The van der Waals surface area contributed by atoms with Crippen molar-refractivity contribution in [2.45, 2.75) is 30.8 Å². The number of anilines is 1. The Morgan fingerprint density at radius 3 is 2.59 bits per heavy atom. The Morgan fingerprint density at radius 2 is 1.90 bits per heavy atom. The molecule has 2 aromatic heterocycles. The number of rotatable bonds is 5. The molecule has 0 aromatic carbocycles. The first-order valence-corrected chi connectivity index (χ1v) is 10.2. The fourth-order valence-corrected chi connectivity index (χ4v) is 3.79. The maximum absolute atomic E-state index is 10.9. The highest BCUT2D eigenvalue weighted by Gasteiger charge is 2.49. The van der Waals surface area contributed by atoms with Crippen molar-refractivity contribution in [3.63, 3.8) is 0 Å². The van der Waals surface area contributed by atoms with Crippen LogP contribution >= 0.6 is 7.82 Å². The highest BCUT2D eigenvalue weighted by atomic mass is 31.2. The van der Waals surface area contributed by atoms with Gasteiger partial charge in [0.05, 0.1) is 19.5 Å². The number of aromatic nitrogens is 4. The summed E-state index contributed by atoms with van der Waals surface area (Å²) in [6.45, 7) is 2.33. The predicted molar refractivity (Wildman–Crippen MR) is 93.4 cm³/mol. The highest BCUT2D eigenvalue weighted by Crippen LogP contribution is 2.41. The minimum absolute atomic E-state index is 0.309. The van der Waals surface area contributed by atoms with Crippen LogP contribution in [-0.4, -0.2) is 95.5 Å². The van der Waals surface area contributed by atoms with Gasteiger partial charge in [0.2, 0.25) is 0 Å². The summed E-state index contributed by atoms with van der Waals surface area (Å²) >= 11 is 0. The summed E-state index contributed by atoms with van der Waals surface area (Å²) < 4.78 is 27.2. The number of morpholine rings is 1. The van der Waals surface area contributed by atoms with Gasteiger partial charge in [-0.1, -0.05) is 0 Å². The molecule has 0 radical (unpaired) electrons. The van der Waals surface area contributed by atoms with Gasteiger partial charge in [0.1, 0.15) is 24.6 Å². The van der Waals surface area contributed by atoms with Crippen molar-refractivity contribution in [1.82, 2.24) is 19.5 Å². The normalized spacial score (nSPS) is 29.5. The molecule has 29 heavy (non-hydrogen) atoms. The van der Waals surface area contributed by atoms with E-state index in [4.69, 9.17) is 19.3 Å². The van der Waals surface area contributed by atoms with Crippen LogP contribution in [0.15, 0.2) is 12.7 Å². The largest absolute Gasteiger partial charge is 0.472 e. The minimum Gasteiger partial charge on any atom is -0.387 e. The average molecular weight is 433 g/mol. The van der Waals surface area contributed by atoms with Crippen molar-refractivity contribution in [2.24, 2.45) is 0 Å². The maximum Gasteiger partial charge on any atom is 0.472 e. The summed E-state index contributed by atoms with van der Waals surface area (Å²) in [4.78, 5) is 32.4. The molecule has 160 valence electrons. The van der Waals surface area contributed by atoms with E-state index in [2.05, 4.69) is 19.5 Å². The molecule has 2 aliphatic heterocycles. The third kappa shape index (κ3) is 3.99. The van der Waals surface area contributed by atoms with Gasteiger partial charge in [-0.15, -0.1) is 0 Å². The van der Waals surface area contributed by atoms with Crippen molar-refractivity contribution in [3.05, 3.63) is 12.7 Å². The minimum atomic E-state index is -5.04. The monoisotopic (exact) mass is 433 g/mol. The van der Waals surface area contributed by atoms with Crippen molar-refractivity contribution in [2.75, 3.05) is 31.2 Å². The van der Waals surface area contributed by atoms with Gasteiger partial charge in [-0.2, -0.15) is 0 Å². The van der Waals surface area contributed by atoms with E-state index in [9.17, 15) is 19.9 Å². The summed E-state index contributed by atoms with van der Waals surface area (Å²) in [7, 11) is -5.04. The van der Waals surface area contributed by atoms with E-state index >= 15 is 0 Å². The van der Waals surface area contributed by atoms with E-state index in [0.717, 1.165) is 0 Å². The number of fused-ring (bicyclic) bond motifs is 1. The molecule has 0 spiro atoms. The number of hydrogen-bond donors (Lipinski definition) is 5. The summed E-state index contributed by atoms with van der Waals surface area (Å²) in [6, 6.07) is 0. The van der Waals surface area contributed by atoms with Crippen LogP contribution in [0.3, 0.4) is 0 Å². The molecule has 2 fully saturated rings. The Balaban J connectivity index is 1.62. The molecular weight excluding hydrogens is 413 g/mol. The molecule has 5 N–H and O–H groups in total. The van der Waals surface area contributed by atoms with Crippen LogP contribution in [0.1, 0.15) is 6.23 Å². The molecule has 0 aliphatic carbocycles. The topological polar surface area (TPSA) is 193 Å². The van der Waals surface area contributed by atoms with E-state index in [1.807, 2.05) is 4.90 Å².